The first kappa shape index (κ1) is 17.7. The molecule has 0 bridgehead atoms. The summed E-state index contributed by atoms with van der Waals surface area (Å²) in [4.78, 5) is 13.7. The average Bonchev–Trinajstić information content (AvgIpc) is 2.47. The Morgan fingerprint density at radius 3 is 2.05 bits per heavy atom. The maximum absolute atomic E-state index is 11.3. The van der Waals surface area contributed by atoms with Crippen molar-refractivity contribution in [2.75, 3.05) is 13.1 Å². The van der Waals surface area contributed by atoms with Gasteiger partial charge in [0.1, 0.15) is 12.0 Å². The second kappa shape index (κ2) is 9.56. The zero-order valence-electron chi connectivity index (χ0n) is 13.9. The monoisotopic (exact) mass is 291 g/mol. The van der Waals surface area contributed by atoms with E-state index in [0.29, 0.717) is 0 Å². The number of carbonyl (C=O) groups is 1. The van der Waals surface area contributed by atoms with Gasteiger partial charge in [0.2, 0.25) is 0 Å². The highest BCUT2D eigenvalue weighted by atomic mass is 16.5. The lowest BCUT2D eigenvalue weighted by Gasteiger charge is -2.29. The van der Waals surface area contributed by atoms with Gasteiger partial charge in [0.15, 0.2) is 5.78 Å². The third-order valence-electron chi connectivity index (χ3n) is 3.68. The molecule has 0 heterocycles. The molecule has 1 rings (SSSR count). The van der Waals surface area contributed by atoms with Crippen molar-refractivity contribution in [2.24, 2.45) is 0 Å². The Bertz CT molecular complexity index is 406. The van der Waals surface area contributed by atoms with E-state index >= 15 is 0 Å². The van der Waals surface area contributed by atoms with E-state index in [4.69, 9.17) is 4.74 Å². The molecule has 118 valence electrons. The molecule has 0 amide bonds. The fraction of sp³-hybridized carbons (Fsp3) is 0.611. The number of Topliss-reactive ketones (excluding diaryl/α,β-unsaturated/α-hetero) is 1. The maximum atomic E-state index is 11.3. The number of hydrogen-bond donors (Lipinski definition) is 0. The number of nitrogens with zero attached hydrogens (tertiary/aromatic N) is 1. The molecular weight excluding hydrogens is 262 g/mol. The summed E-state index contributed by atoms with van der Waals surface area (Å²) >= 11 is 0. The van der Waals surface area contributed by atoms with E-state index in [1.165, 1.54) is 25.7 Å². The van der Waals surface area contributed by atoms with Gasteiger partial charge in [0, 0.05) is 18.7 Å². The predicted octanol–water partition coefficient (Wildman–Crippen LogP) is 4.52. The molecule has 0 aliphatic rings. The molecule has 3 heteroatoms. The second-order valence-electron chi connectivity index (χ2n) is 5.54. The minimum Gasteiger partial charge on any atom is -0.475 e. The summed E-state index contributed by atoms with van der Waals surface area (Å²) in [5, 5.41) is 0. The van der Waals surface area contributed by atoms with Crippen LogP contribution in [0.2, 0.25) is 0 Å². The number of unbranched alkanes of at least 4 members (excludes halogenated alkanes) is 2. The first-order valence-electron chi connectivity index (χ1n) is 8.10. The molecule has 0 radical (unpaired) electrons. The van der Waals surface area contributed by atoms with Crippen LogP contribution in [0.25, 0.3) is 0 Å². The molecular formula is C18H29NO2. The zero-order valence-corrected chi connectivity index (χ0v) is 13.9. The van der Waals surface area contributed by atoms with Crippen LogP contribution >= 0.6 is 0 Å². The van der Waals surface area contributed by atoms with Gasteiger partial charge in [-0.25, -0.2) is 0 Å². The summed E-state index contributed by atoms with van der Waals surface area (Å²) < 4.78 is 6.02. The van der Waals surface area contributed by atoms with E-state index in [9.17, 15) is 4.79 Å². The fourth-order valence-electron chi connectivity index (χ4n) is 2.24. The maximum Gasteiger partial charge on any atom is 0.159 e. The molecule has 0 saturated carbocycles. The van der Waals surface area contributed by atoms with Crippen molar-refractivity contribution in [3.8, 4) is 5.75 Å². The quantitative estimate of drug-likeness (QED) is 0.469. The molecule has 0 saturated heterocycles. The van der Waals surface area contributed by atoms with Crippen molar-refractivity contribution in [1.29, 1.82) is 0 Å². The molecule has 1 aromatic rings. The molecule has 1 aromatic carbocycles. The Balaban J connectivity index is 2.61. The van der Waals surface area contributed by atoms with Gasteiger partial charge in [-0.05, 0) is 51.0 Å². The smallest absolute Gasteiger partial charge is 0.159 e. The SMILES string of the molecule is CCCCN(CCCC)C(C)Oc1ccc(C(C)=O)cc1. The van der Waals surface area contributed by atoms with E-state index in [1.54, 1.807) is 6.92 Å². The Morgan fingerprint density at radius 1 is 1.10 bits per heavy atom. The van der Waals surface area contributed by atoms with E-state index in [2.05, 4.69) is 25.7 Å². The van der Waals surface area contributed by atoms with Crippen molar-refractivity contribution in [2.45, 2.75) is 59.6 Å². The van der Waals surface area contributed by atoms with Crippen molar-refractivity contribution < 1.29 is 9.53 Å². The summed E-state index contributed by atoms with van der Waals surface area (Å²) in [6, 6.07) is 7.41. The molecule has 0 aliphatic carbocycles. The van der Waals surface area contributed by atoms with E-state index in [1.807, 2.05) is 24.3 Å². The van der Waals surface area contributed by atoms with E-state index < -0.39 is 0 Å². The molecule has 0 aromatic heterocycles. The van der Waals surface area contributed by atoms with Crippen LogP contribution in [0.15, 0.2) is 24.3 Å². The summed E-state index contributed by atoms with van der Waals surface area (Å²) in [5.41, 5.74) is 0.726. The first-order chi connectivity index (χ1) is 10.1. The van der Waals surface area contributed by atoms with E-state index in [-0.39, 0.29) is 12.0 Å². The van der Waals surface area contributed by atoms with Gasteiger partial charge in [-0.3, -0.25) is 9.69 Å². The van der Waals surface area contributed by atoms with Gasteiger partial charge >= 0.3 is 0 Å². The van der Waals surface area contributed by atoms with Crippen LogP contribution in [0.5, 0.6) is 5.75 Å². The normalized spacial score (nSPS) is 12.4. The second-order valence-corrected chi connectivity index (χ2v) is 5.54. The Labute approximate surface area is 129 Å². The fourth-order valence-corrected chi connectivity index (χ4v) is 2.24. The average molecular weight is 291 g/mol. The predicted molar refractivity (Wildman–Crippen MR) is 87.9 cm³/mol. The lowest BCUT2D eigenvalue weighted by molar-refractivity contribution is 0.0375. The third-order valence-corrected chi connectivity index (χ3v) is 3.68. The third kappa shape index (κ3) is 6.30. The van der Waals surface area contributed by atoms with Crippen molar-refractivity contribution >= 4 is 5.78 Å². The standard InChI is InChI=1S/C18H29NO2/c1-5-7-13-19(14-8-6-2)16(4)21-18-11-9-17(10-12-18)15(3)20/h9-12,16H,5-8,13-14H2,1-4H3. The number of benzene rings is 1. The molecule has 0 N–H and O–H groups in total. The first-order valence-corrected chi connectivity index (χ1v) is 8.10. The van der Waals surface area contributed by atoms with Gasteiger partial charge < -0.3 is 4.74 Å². The lowest BCUT2D eigenvalue weighted by atomic mass is 10.1. The van der Waals surface area contributed by atoms with Crippen LogP contribution in [0.3, 0.4) is 0 Å². The topological polar surface area (TPSA) is 29.5 Å². The van der Waals surface area contributed by atoms with Gasteiger partial charge in [-0.15, -0.1) is 0 Å². The summed E-state index contributed by atoms with van der Waals surface area (Å²) in [7, 11) is 0. The van der Waals surface area contributed by atoms with Crippen molar-refractivity contribution in [3.63, 3.8) is 0 Å². The Morgan fingerprint density at radius 2 is 1.62 bits per heavy atom. The Hall–Kier alpha value is -1.35. The minimum absolute atomic E-state index is 0.0614. The van der Waals surface area contributed by atoms with Gasteiger partial charge in [-0.2, -0.15) is 0 Å². The van der Waals surface area contributed by atoms with Gasteiger partial charge in [-0.1, -0.05) is 26.7 Å². The van der Waals surface area contributed by atoms with Crippen LogP contribution in [0.1, 0.15) is 63.7 Å². The zero-order chi connectivity index (χ0) is 15.7. The molecule has 0 fully saturated rings. The van der Waals surface area contributed by atoms with Gasteiger partial charge in [0.05, 0.1) is 0 Å². The van der Waals surface area contributed by atoms with Crippen molar-refractivity contribution in [3.05, 3.63) is 29.8 Å². The highest BCUT2D eigenvalue weighted by Gasteiger charge is 2.14. The summed E-state index contributed by atoms with van der Waals surface area (Å²) in [6.45, 7) is 10.3. The summed E-state index contributed by atoms with van der Waals surface area (Å²) in [6.07, 6.45) is 4.85. The largest absolute Gasteiger partial charge is 0.475 e. The number of ether oxygens (including phenoxy) is 1. The number of ketones is 1. The number of hydrogen-bond acceptors (Lipinski definition) is 3. The lowest BCUT2D eigenvalue weighted by Crippen LogP contribution is -2.38. The minimum atomic E-state index is 0.0614. The molecule has 1 atom stereocenters. The number of rotatable bonds is 10. The summed E-state index contributed by atoms with van der Waals surface area (Å²) in [5.74, 6) is 0.910. The molecule has 21 heavy (non-hydrogen) atoms. The molecule has 1 unspecified atom stereocenters. The molecule has 0 aliphatic heterocycles. The van der Waals surface area contributed by atoms with Crippen LogP contribution in [-0.2, 0) is 0 Å². The van der Waals surface area contributed by atoms with Gasteiger partial charge in [0.25, 0.3) is 0 Å². The highest BCUT2D eigenvalue weighted by Crippen LogP contribution is 2.16. The van der Waals surface area contributed by atoms with Crippen LogP contribution in [-0.4, -0.2) is 30.0 Å². The van der Waals surface area contributed by atoms with E-state index in [0.717, 1.165) is 24.4 Å². The Kier molecular flexibility index (Phi) is 8.06. The van der Waals surface area contributed by atoms with Crippen LogP contribution in [0, 0.1) is 0 Å². The van der Waals surface area contributed by atoms with Crippen molar-refractivity contribution in [1.82, 2.24) is 4.90 Å². The number of carbonyl (C=O) groups excluding carboxylic acids is 1. The van der Waals surface area contributed by atoms with Crippen LogP contribution in [0.4, 0.5) is 0 Å². The molecule has 3 nitrogen and oxygen atoms in total. The van der Waals surface area contributed by atoms with Crippen LogP contribution < -0.4 is 4.74 Å². The highest BCUT2D eigenvalue weighted by molar-refractivity contribution is 5.94. The molecule has 0 spiro atoms.